The number of nitrogens with zero attached hydrogens (tertiary/aromatic N) is 2. The molecule has 2 rings (SSSR count). The molecule has 0 bridgehead atoms. The van der Waals surface area contributed by atoms with Crippen LogP contribution in [0.2, 0.25) is 0 Å². The van der Waals surface area contributed by atoms with E-state index >= 15 is 0 Å². The average molecular weight is 297 g/mol. The summed E-state index contributed by atoms with van der Waals surface area (Å²) >= 11 is 0. The molecule has 2 saturated heterocycles. The monoisotopic (exact) mass is 297 g/mol. The minimum Gasteiger partial charge on any atom is -0.481 e. The summed E-state index contributed by atoms with van der Waals surface area (Å²) in [4.78, 5) is 27.2. The molecular weight excluding hydrogens is 270 g/mol. The minimum atomic E-state index is -0.753. The SMILES string of the molecule is CC(CC(=O)O)C1CCCN(C(=O)N2CCC(CN)C2)C1. The highest BCUT2D eigenvalue weighted by Crippen LogP contribution is 2.27. The molecule has 0 spiro atoms. The number of aliphatic carboxylic acids is 1. The Hall–Kier alpha value is -1.30. The second-order valence-corrected chi connectivity index (χ2v) is 6.54. The second-order valence-electron chi connectivity index (χ2n) is 6.54. The van der Waals surface area contributed by atoms with Gasteiger partial charge < -0.3 is 20.6 Å². The molecule has 3 unspecified atom stereocenters. The van der Waals surface area contributed by atoms with Gasteiger partial charge in [0.25, 0.3) is 0 Å². The quantitative estimate of drug-likeness (QED) is 0.816. The normalized spacial score (nSPS) is 27.7. The summed E-state index contributed by atoms with van der Waals surface area (Å²) in [5.41, 5.74) is 5.68. The summed E-state index contributed by atoms with van der Waals surface area (Å²) in [7, 11) is 0. The standard InChI is InChI=1S/C15H27N3O3/c1-11(7-14(19)20)13-3-2-5-17(10-13)15(21)18-6-4-12(8-16)9-18/h11-13H,2-10,16H2,1H3,(H,19,20). The molecule has 3 N–H and O–H groups in total. The summed E-state index contributed by atoms with van der Waals surface area (Å²) in [5.74, 6) is 0.0944. The summed E-state index contributed by atoms with van der Waals surface area (Å²) < 4.78 is 0. The predicted octanol–water partition coefficient (Wildman–Crippen LogP) is 1.21. The van der Waals surface area contributed by atoms with Crippen LogP contribution in [0.1, 0.15) is 32.6 Å². The summed E-state index contributed by atoms with van der Waals surface area (Å²) in [6, 6.07) is 0.109. The maximum Gasteiger partial charge on any atom is 0.320 e. The first-order chi connectivity index (χ1) is 10.0. The summed E-state index contributed by atoms with van der Waals surface area (Å²) in [6.07, 6.45) is 3.17. The summed E-state index contributed by atoms with van der Waals surface area (Å²) in [6.45, 7) is 5.67. The molecule has 0 aliphatic carbocycles. The van der Waals surface area contributed by atoms with Crippen LogP contribution >= 0.6 is 0 Å². The number of hydrogen-bond acceptors (Lipinski definition) is 3. The number of carbonyl (C=O) groups excluding carboxylic acids is 1. The first kappa shape index (κ1) is 16.1. The van der Waals surface area contributed by atoms with Gasteiger partial charge >= 0.3 is 12.0 Å². The fourth-order valence-electron chi connectivity index (χ4n) is 3.49. The van der Waals surface area contributed by atoms with Gasteiger partial charge in [-0.05, 0) is 43.6 Å². The number of hydrogen-bond donors (Lipinski definition) is 2. The number of likely N-dealkylation sites (tertiary alicyclic amines) is 2. The van der Waals surface area contributed by atoms with Crippen LogP contribution in [0, 0.1) is 17.8 Å². The van der Waals surface area contributed by atoms with Gasteiger partial charge in [-0.1, -0.05) is 6.92 Å². The number of rotatable bonds is 4. The minimum absolute atomic E-state index is 0.109. The number of amides is 2. The van der Waals surface area contributed by atoms with E-state index in [-0.39, 0.29) is 18.4 Å². The molecule has 2 amide bonds. The number of piperidine rings is 1. The van der Waals surface area contributed by atoms with Gasteiger partial charge in [-0.2, -0.15) is 0 Å². The van der Waals surface area contributed by atoms with E-state index in [0.29, 0.717) is 24.9 Å². The third-order valence-electron chi connectivity index (χ3n) is 4.92. The molecule has 0 aromatic carbocycles. The van der Waals surface area contributed by atoms with E-state index in [1.54, 1.807) is 0 Å². The smallest absolute Gasteiger partial charge is 0.320 e. The molecule has 6 heteroatoms. The van der Waals surface area contributed by atoms with Crippen LogP contribution in [0.25, 0.3) is 0 Å². The lowest BCUT2D eigenvalue weighted by Crippen LogP contribution is -2.48. The first-order valence-electron chi connectivity index (χ1n) is 7.97. The van der Waals surface area contributed by atoms with Crippen molar-refractivity contribution in [2.75, 3.05) is 32.7 Å². The van der Waals surface area contributed by atoms with Crippen LogP contribution in [-0.2, 0) is 4.79 Å². The third kappa shape index (κ3) is 4.09. The van der Waals surface area contributed by atoms with Crippen molar-refractivity contribution < 1.29 is 14.7 Å². The van der Waals surface area contributed by atoms with E-state index in [4.69, 9.17) is 10.8 Å². The largest absolute Gasteiger partial charge is 0.481 e. The number of carboxylic acids is 1. The van der Waals surface area contributed by atoms with Crippen molar-refractivity contribution in [3.63, 3.8) is 0 Å². The molecule has 0 aromatic rings. The van der Waals surface area contributed by atoms with Crippen molar-refractivity contribution in [1.29, 1.82) is 0 Å². The van der Waals surface area contributed by atoms with Crippen molar-refractivity contribution >= 4 is 12.0 Å². The van der Waals surface area contributed by atoms with Crippen LogP contribution < -0.4 is 5.73 Å². The zero-order valence-electron chi connectivity index (χ0n) is 12.8. The molecule has 2 heterocycles. The van der Waals surface area contributed by atoms with Crippen molar-refractivity contribution in [3.8, 4) is 0 Å². The van der Waals surface area contributed by atoms with Crippen molar-refractivity contribution in [1.82, 2.24) is 9.80 Å². The Morgan fingerprint density at radius 2 is 1.95 bits per heavy atom. The lowest BCUT2D eigenvalue weighted by atomic mass is 9.85. The van der Waals surface area contributed by atoms with E-state index < -0.39 is 5.97 Å². The van der Waals surface area contributed by atoms with E-state index in [1.807, 2.05) is 16.7 Å². The maximum absolute atomic E-state index is 12.5. The number of carbonyl (C=O) groups is 2. The Bertz CT molecular complexity index is 388. The molecular formula is C15H27N3O3. The van der Waals surface area contributed by atoms with Gasteiger partial charge in [0.05, 0.1) is 0 Å². The van der Waals surface area contributed by atoms with Crippen LogP contribution in [0.4, 0.5) is 4.79 Å². The fourth-order valence-corrected chi connectivity index (χ4v) is 3.49. The number of carboxylic acid groups (broad SMARTS) is 1. The highest BCUT2D eigenvalue weighted by molar-refractivity contribution is 5.75. The van der Waals surface area contributed by atoms with Gasteiger partial charge in [0.2, 0.25) is 0 Å². The van der Waals surface area contributed by atoms with Gasteiger partial charge in [0, 0.05) is 32.6 Å². The second kappa shape index (κ2) is 7.11. The summed E-state index contributed by atoms with van der Waals surface area (Å²) in [5, 5.41) is 8.92. The highest BCUT2D eigenvalue weighted by atomic mass is 16.4. The van der Waals surface area contributed by atoms with Gasteiger partial charge in [0.15, 0.2) is 0 Å². The van der Waals surface area contributed by atoms with Gasteiger partial charge in [-0.3, -0.25) is 4.79 Å². The van der Waals surface area contributed by atoms with Gasteiger partial charge in [-0.15, -0.1) is 0 Å². The third-order valence-corrected chi connectivity index (χ3v) is 4.92. The molecule has 2 aliphatic rings. The van der Waals surface area contributed by atoms with Gasteiger partial charge in [0.1, 0.15) is 0 Å². The van der Waals surface area contributed by atoms with E-state index in [2.05, 4.69) is 0 Å². The fraction of sp³-hybridized carbons (Fsp3) is 0.867. The lowest BCUT2D eigenvalue weighted by Gasteiger charge is -2.37. The Balaban J connectivity index is 1.88. The maximum atomic E-state index is 12.5. The van der Waals surface area contributed by atoms with Crippen molar-refractivity contribution in [3.05, 3.63) is 0 Å². The number of nitrogens with two attached hydrogens (primary N) is 1. The van der Waals surface area contributed by atoms with Gasteiger partial charge in [-0.25, -0.2) is 4.79 Å². The predicted molar refractivity (Wildman–Crippen MR) is 79.8 cm³/mol. The molecule has 0 saturated carbocycles. The molecule has 0 radical (unpaired) electrons. The molecule has 120 valence electrons. The zero-order chi connectivity index (χ0) is 15.4. The topological polar surface area (TPSA) is 86.9 Å². The lowest BCUT2D eigenvalue weighted by molar-refractivity contribution is -0.138. The zero-order valence-corrected chi connectivity index (χ0v) is 12.8. The molecule has 2 fully saturated rings. The molecule has 3 atom stereocenters. The Labute approximate surface area is 126 Å². The molecule has 2 aliphatic heterocycles. The molecule has 6 nitrogen and oxygen atoms in total. The van der Waals surface area contributed by atoms with Crippen LogP contribution in [0.5, 0.6) is 0 Å². The van der Waals surface area contributed by atoms with E-state index in [1.165, 1.54) is 0 Å². The van der Waals surface area contributed by atoms with Crippen LogP contribution in [0.3, 0.4) is 0 Å². The highest BCUT2D eigenvalue weighted by Gasteiger charge is 2.33. The van der Waals surface area contributed by atoms with Crippen molar-refractivity contribution in [2.24, 2.45) is 23.5 Å². The van der Waals surface area contributed by atoms with Crippen molar-refractivity contribution in [2.45, 2.75) is 32.6 Å². The first-order valence-corrected chi connectivity index (χ1v) is 7.97. The average Bonchev–Trinajstić information content (AvgIpc) is 2.95. The van der Waals surface area contributed by atoms with E-state index in [0.717, 1.165) is 38.9 Å². The number of urea groups is 1. The van der Waals surface area contributed by atoms with E-state index in [9.17, 15) is 9.59 Å². The molecule has 0 aromatic heterocycles. The Morgan fingerprint density at radius 1 is 1.24 bits per heavy atom. The Kier molecular flexibility index (Phi) is 5.45. The Morgan fingerprint density at radius 3 is 2.57 bits per heavy atom. The van der Waals surface area contributed by atoms with Crippen LogP contribution in [0.15, 0.2) is 0 Å². The molecule has 21 heavy (non-hydrogen) atoms. The van der Waals surface area contributed by atoms with Crippen LogP contribution in [-0.4, -0.2) is 59.6 Å².